The van der Waals surface area contributed by atoms with E-state index >= 15 is 0 Å². The van der Waals surface area contributed by atoms with Crippen molar-refractivity contribution in [3.05, 3.63) is 65.3 Å². The van der Waals surface area contributed by atoms with Gasteiger partial charge < -0.3 is 14.8 Å². The SMILES string of the molecule is CC(C)CNC(=O)c1cn(CCCN2CCC(Sc3ccc(Cl)cc3)CC2)c2ccccc12.Cl. The molecule has 1 aromatic heterocycles. The smallest absolute Gasteiger partial charge is 0.253 e. The number of carbonyl (C=O) groups is 1. The molecule has 4 nitrogen and oxygen atoms in total. The highest BCUT2D eigenvalue weighted by molar-refractivity contribution is 8.00. The van der Waals surface area contributed by atoms with Crippen LogP contribution in [-0.4, -0.2) is 46.8 Å². The average molecular weight is 521 g/mol. The van der Waals surface area contributed by atoms with Crippen LogP contribution in [0.4, 0.5) is 0 Å². The lowest BCUT2D eigenvalue weighted by atomic mass is 10.1. The summed E-state index contributed by atoms with van der Waals surface area (Å²) in [5, 5.41) is 5.59. The molecule has 1 amide bonds. The van der Waals surface area contributed by atoms with Gasteiger partial charge >= 0.3 is 0 Å². The van der Waals surface area contributed by atoms with Gasteiger partial charge in [-0.1, -0.05) is 43.6 Å². The molecule has 0 atom stereocenters. The van der Waals surface area contributed by atoms with Gasteiger partial charge in [0.15, 0.2) is 0 Å². The van der Waals surface area contributed by atoms with Gasteiger partial charge in [0.05, 0.1) is 5.56 Å². The number of rotatable bonds is 9. The molecule has 34 heavy (non-hydrogen) atoms. The Morgan fingerprint density at radius 2 is 1.79 bits per heavy atom. The molecule has 1 N–H and O–H groups in total. The van der Waals surface area contributed by atoms with Gasteiger partial charge in [-0.15, -0.1) is 24.2 Å². The zero-order valence-corrected chi connectivity index (χ0v) is 22.4. The third-order valence-corrected chi connectivity index (χ3v) is 7.83. The summed E-state index contributed by atoms with van der Waals surface area (Å²) in [6.45, 7) is 9.26. The predicted molar refractivity (Wildman–Crippen MR) is 148 cm³/mol. The molecule has 1 saturated heterocycles. The first-order valence-corrected chi connectivity index (χ1v) is 13.3. The molecule has 0 radical (unpaired) electrons. The maximum absolute atomic E-state index is 12.7. The first-order chi connectivity index (χ1) is 16.0. The standard InChI is InChI=1S/C27H34ClN3OS.ClH/c1-20(2)18-29-27(32)25-19-31(26-7-4-3-6-24(25)26)15-5-14-30-16-12-23(13-17-30)33-22-10-8-21(28)9-11-22;/h3-4,6-11,19-20,23H,5,12-18H2,1-2H3,(H,29,32);1H. The van der Waals surface area contributed by atoms with Gasteiger partial charge in [-0.2, -0.15) is 0 Å². The number of para-hydroxylation sites is 1. The Balaban J connectivity index is 0.00000324. The van der Waals surface area contributed by atoms with E-state index in [0.717, 1.165) is 54.1 Å². The van der Waals surface area contributed by atoms with Crippen molar-refractivity contribution in [3.8, 4) is 0 Å². The molecule has 1 aliphatic rings. The number of halogens is 2. The van der Waals surface area contributed by atoms with E-state index in [1.165, 1.54) is 17.7 Å². The number of carbonyl (C=O) groups excluding carboxylic acids is 1. The summed E-state index contributed by atoms with van der Waals surface area (Å²) in [6.07, 6.45) is 5.57. The maximum Gasteiger partial charge on any atom is 0.253 e. The van der Waals surface area contributed by atoms with Gasteiger partial charge in [-0.3, -0.25) is 4.79 Å². The summed E-state index contributed by atoms with van der Waals surface area (Å²) in [4.78, 5) is 16.6. The fraction of sp³-hybridized carbons (Fsp3) is 0.444. The Bertz CT molecular complexity index is 1060. The van der Waals surface area contributed by atoms with Gasteiger partial charge in [-0.25, -0.2) is 0 Å². The minimum Gasteiger partial charge on any atom is -0.352 e. The largest absolute Gasteiger partial charge is 0.352 e. The Morgan fingerprint density at radius 1 is 1.09 bits per heavy atom. The monoisotopic (exact) mass is 519 g/mol. The van der Waals surface area contributed by atoms with Crippen LogP contribution < -0.4 is 5.32 Å². The van der Waals surface area contributed by atoms with Crippen LogP contribution >= 0.6 is 35.8 Å². The number of amides is 1. The highest BCUT2D eigenvalue weighted by Gasteiger charge is 2.20. The zero-order valence-electron chi connectivity index (χ0n) is 20.0. The molecule has 2 heterocycles. The number of benzene rings is 2. The summed E-state index contributed by atoms with van der Waals surface area (Å²) in [5.41, 5.74) is 1.93. The highest BCUT2D eigenvalue weighted by Crippen LogP contribution is 2.31. The molecule has 4 rings (SSSR count). The molecule has 0 bridgehead atoms. The Morgan fingerprint density at radius 3 is 2.50 bits per heavy atom. The van der Waals surface area contributed by atoms with Crippen LogP contribution in [0.3, 0.4) is 0 Å². The predicted octanol–water partition coefficient (Wildman–Crippen LogP) is 6.75. The number of hydrogen-bond donors (Lipinski definition) is 1. The zero-order chi connectivity index (χ0) is 23.2. The van der Waals surface area contributed by atoms with Crippen molar-refractivity contribution in [1.29, 1.82) is 0 Å². The molecule has 7 heteroatoms. The minimum absolute atomic E-state index is 0. The quantitative estimate of drug-likeness (QED) is 0.339. The second-order valence-electron chi connectivity index (χ2n) is 9.32. The molecule has 1 aliphatic heterocycles. The molecule has 0 saturated carbocycles. The van der Waals surface area contributed by atoms with Gasteiger partial charge in [0.2, 0.25) is 0 Å². The average Bonchev–Trinajstić information content (AvgIpc) is 3.19. The number of fused-ring (bicyclic) bond motifs is 1. The molecule has 184 valence electrons. The molecule has 1 fully saturated rings. The van der Waals surface area contributed by atoms with Gasteiger partial charge in [-0.05, 0) is 75.1 Å². The first-order valence-electron chi connectivity index (χ1n) is 12.0. The number of piperidine rings is 1. The minimum atomic E-state index is 0. The lowest BCUT2D eigenvalue weighted by molar-refractivity contribution is 0.0950. The topological polar surface area (TPSA) is 37.3 Å². The van der Waals surface area contributed by atoms with Crippen LogP contribution in [0.5, 0.6) is 0 Å². The molecule has 0 spiro atoms. The van der Waals surface area contributed by atoms with Gasteiger partial charge in [0, 0.05) is 45.4 Å². The molecule has 0 unspecified atom stereocenters. The molecule has 0 aliphatic carbocycles. The van der Waals surface area contributed by atoms with Crippen LogP contribution in [-0.2, 0) is 6.54 Å². The van der Waals surface area contributed by atoms with Gasteiger partial charge in [0.25, 0.3) is 5.91 Å². The molecule has 3 aromatic rings. The summed E-state index contributed by atoms with van der Waals surface area (Å²) in [6, 6.07) is 16.4. The van der Waals surface area contributed by atoms with Crippen molar-refractivity contribution >= 4 is 52.6 Å². The number of aromatic nitrogens is 1. The number of aryl methyl sites for hydroxylation is 1. The van der Waals surface area contributed by atoms with Crippen LogP contribution in [0.15, 0.2) is 59.6 Å². The second kappa shape index (κ2) is 12.9. The lowest BCUT2D eigenvalue weighted by Crippen LogP contribution is -2.35. The van der Waals surface area contributed by atoms with Crippen molar-refractivity contribution < 1.29 is 4.79 Å². The van der Waals surface area contributed by atoms with E-state index < -0.39 is 0 Å². The normalized spacial score (nSPS) is 14.9. The van der Waals surface area contributed by atoms with E-state index in [1.807, 2.05) is 36.2 Å². The van der Waals surface area contributed by atoms with Crippen molar-refractivity contribution in [2.45, 2.75) is 49.8 Å². The summed E-state index contributed by atoms with van der Waals surface area (Å²) in [5.74, 6) is 0.468. The Hall–Kier alpha value is -1.66. The number of thioether (sulfide) groups is 1. The highest BCUT2D eigenvalue weighted by atomic mass is 35.5. The van der Waals surface area contributed by atoms with Crippen molar-refractivity contribution in [2.24, 2.45) is 5.92 Å². The second-order valence-corrected chi connectivity index (χ2v) is 11.1. The van der Waals surface area contributed by atoms with Crippen LogP contribution in [0.1, 0.15) is 43.5 Å². The van der Waals surface area contributed by atoms with E-state index in [1.54, 1.807) is 0 Å². The van der Waals surface area contributed by atoms with E-state index in [2.05, 4.69) is 59.0 Å². The lowest BCUT2D eigenvalue weighted by Gasteiger charge is -2.31. The van der Waals surface area contributed by atoms with Crippen LogP contribution in [0, 0.1) is 5.92 Å². The number of nitrogens with one attached hydrogen (secondary N) is 1. The summed E-state index contributed by atoms with van der Waals surface area (Å²) >= 11 is 7.98. The third-order valence-electron chi connectivity index (χ3n) is 6.23. The summed E-state index contributed by atoms with van der Waals surface area (Å²) < 4.78 is 2.25. The summed E-state index contributed by atoms with van der Waals surface area (Å²) in [7, 11) is 0. The molecular weight excluding hydrogens is 485 g/mol. The van der Waals surface area contributed by atoms with Gasteiger partial charge in [0.1, 0.15) is 0 Å². The number of hydrogen-bond acceptors (Lipinski definition) is 3. The van der Waals surface area contributed by atoms with Crippen LogP contribution in [0.25, 0.3) is 10.9 Å². The van der Waals surface area contributed by atoms with E-state index in [0.29, 0.717) is 17.7 Å². The fourth-order valence-corrected chi connectivity index (χ4v) is 5.68. The van der Waals surface area contributed by atoms with E-state index in [4.69, 9.17) is 11.6 Å². The third kappa shape index (κ3) is 7.17. The molecular formula is C27H35Cl2N3OS. The Labute approximate surface area is 218 Å². The Kier molecular flexibility index (Phi) is 10.2. The number of nitrogens with zero attached hydrogens (tertiary/aromatic N) is 2. The number of likely N-dealkylation sites (tertiary alicyclic amines) is 1. The first kappa shape index (κ1) is 26.9. The van der Waals surface area contributed by atoms with Crippen molar-refractivity contribution in [2.75, 3.05) is 26.2 Å². The van der Waals surface area contributed by atoms with Crippen LogP contribution in [0.2, 0.25) is 5.02 Å². The molecule has 2 aromatic carbocycles. The van der Waals surface area contributed by atoms with Crippen molar-refractivity contribution in [3.63, 3.8) is 0 Å². The van der Waals surface area contributed by atoms with Crippen molar-refractivity contribution in [1.82, 2.24) is 14.8 Å². The fourth-order valence-electron chi connectivity index (χ4n) is 4.43. The van der Waals surface area contributed by atoms with E-state index in [-0.39, 0.29) is 18.3 Å². The van der Waals surface area contributed by atoms with E-state index in [9.17, 15) is 4.79 Å². The maximum atomic E-state index is 12.7.